The van der Waals surface area contributed by atoms with Gasteiger partial charge in [0.05, 0.1) is 11.5 Å². The summed E-state index contributed by atoms with van der Waals surface area (Å²) in [4.78, 5) is 0.133. The lowest BCUT2D eigenvalue weighted by atomic mass is 10.1. The molecule has 18 heavy (non-hydrogen) atoms. The molecule has 0 aliphatic carbocycles. The number of rotatable bonds is 5. The number of hydrogen-bond acceptors (Lipinski definition) is 3. The molecular weight excluding hydrogens is 272 g/mol. The SMILES string of the molecule is C=C(C)CCOc1ccc(S(=O)(=O)Cl)c(C)c1C. The van der Waals surface area contributed by atoms with E-state index in [1.54, 1.807) is 13.0 Å². The Bertz CT molecular complexity index is 562. The molecule has 0 unspecified atom stereocenters. The zero-order chi connectivity index (χ0) is 13.9. The van der Waals surface area contributed by atoms with Gasteiger partial charge in [0.25, 0.3) is 9.05 Å². The highest BCUT2D eigenvalue weighted by Gasteiger charge is 2.16. The Morgan fingerprint density at radius 1 is 1.33 bits per heavy atom. The second-order valence-electron chi connectivity index (χ2n) is 4.31. The molecule has 100 valence electrons. The van der Waals surface area contributed by atoms with Crippen LogP contribution < -0.4 is 4.74 Å². The Kier molecular flexibility index (Phi) is 4.82. The summed E-state index contributed by atoms with van der Waals surface area (Å²) in [5.41, 5.74) is 2.46. The van der Waals surface area contributed by atoms with E-state index in [-0.39, 0.29) is 4.90 Å². The first-order valence-electron chi connectivity index (χ1n) is 5.55. The van der Waals surface area contributed by atoms with E-state index in [9.17, 15) is 8.42 Å². The van der Waals surface area contributed by atoms with Crippen molar-refractivity contribution in [3.05, 3.63) is 35.4 Å². The number of halogens is 1. The van der Waals surface area contributed by atoms with Crippen molar-refractivity contribution in [2.45, 2.75) is 32.1 Å². The molecule has 0 saturated heterocycles. The Balaban J connectivity index is 2.98. The molecule has 0 amide bonds. The zero-order valence-electron chi connectivity index (χ0n) is 10.8. The highest BCUT2D eigenvalue weighted by molar-refractivity contribution is 8.13. The number of hydrogen-bond donors (Lipinski definition) is 0. The van der Waals surface area contributed by atoms with Crippen LogP contribution in [-0.2, 0) is 9.05 Å². The lowest BCUT2D eigenvalue weighted by molar-refractivity contribution is 0.319. The third-order valence-corrected chi connectivity index (χ3v) is 4.20. The normalized spacial score (nSPS) is 11.3. The molecule has 0 atom stereocenters. The average Bonchev–Trinajstić information content (AvgIpc) is 2.22. The van der Waals surface area contributed by atoms with E-state index in [4.69, 9.17) is 15.4 Å². The predicted molar refractivity (Wildman–Crippen MR) is 73.9 cm³/mol. The van der Waals surface area contributed by atoms with Gasteiger partial charge < -0.3 is 4.74 Å². The third-order valence-electron chi connectivity index (χ3n) is 2.74. The lowest BCUT2D eigenvalue weighted by Crippen LogP contribution is -2.03. The summed E-state index contributed by atoms with van der Waals surface area (Å²) in [6, 6.07) is 3.11. The molecule has 0 radical (unpaired) electrons. The molecule has 0 bridgehead atoms. The van der Waals surface area contributed by atoms with Crippen LogP contribution in [0.5, 0.6) is 5.75 Å². The zero-order valence-corrected chi connectivity index (χ0v) is 12.4. The van der Waals surface area contributed by atoms with Crippen LogP contribution in [0.2, 0.25) is 0 Å². The molecule has 0 aliphatic heterocycles. The summed E-state index contributed by atoms with van der Waals surface area (Å²) in [7, 11) is 1.65. The van der Waals surface area contributed by atoms with E-state index in [0.29, 0.717) is 17.9 Å². The summed E-state index contributed by atoms with van der Waals surface area (Å²) in [6.07, 6.45) is 0.772. The van der Waals surface area contributed by atoms with Gasteiger partial charge in [-0.3, -0.25) is 0 Å². The lowest BCUT2D eigenvalue weighted by Gasteiger charge is -2.13. The van der Waals surface area contributed by atoms with Gasteiger partial charge in [-0.05, 0) is 44.0 Å². The summed E-state index contributed by atoms with van der Waals surface area (Å²) >= 11 is 0. The van der Waals surface area contributed by atoms with Gasteiger partial charge in [0.1, 0.15) is 5.75 Å². The molecule has 0 aromatic heterocycles. The minimum absolute atomic E-state index is 0.133. The van der Waals surface area contributed by atoms with Crippen LogP contribution in [0.15, 0.2) is 29.2 Å². The maximum Gasteiger partial charge on any atom is 0.261 e. The molecule has 0 aliphatic rings. The van der Waals surface area contributed by atoms with E-state index >= 15 is 0 Å². The topological polar surface area (TPSA) is 43.4 Å². The van der Waals surface area contributed by atoms with Crippen LogP contribution >= 0.6 is 10.7 Å². The second-order valence-corrected chi connectivity index (χ2v) is 6.84. The van der Waals surface area contributed by atoms with Crippen LogP contribution in [0, 0.1) is 13.8 Å². The smallest absolute Gasteiger partial charge is 0.261 e. The molecule has 5 heteroatoms. The Morgan fingerprint density at radius 3 is 2.44 bits per heavy atom. The van der Waals surface area contributed by atoms with Crippen molar-refractivity contribution >= 4 is 19.7 Å². The van der Waals surface area contributed by atoms with Gasteiger partial charge in [-0.25, -0.2) is 8.42 Å². The predicted octanol–water partition coefficient (Wildman–Crippen LogP) is 3.58. The third kappa shape index (κ3) is 3.75. The first-order chi connectivity index (χ1) is 8.23. The molecule has 1 aromatic carbocycles. The molecule has 0 spiro atoms. The quantitative estimate of drug-likeness (QED) is 0.614. The van der Waals surface area contributed by atoms with E-state index in [2.05, 4.69) is 6.58 Å². The second kappa shape index (κ2) is 5.76. The van der Waals surface area contributed by atoms with E-state index < -0.39 is 9.05 Å². The van der Waals surface area contributed by atoms with E-state index in [1.165, 1.54) is 6.07 Å². The number of benzene rings is 1. The van der Waals surface area contributed by atoms with Crippen molar-refractivity contribution in [3.63, 3.8) is 0 Å². The minimum atomic E-state index is -3.70. The van der Waals surface area contributed by atoms with Crippen LogP contribution in [-0.4, -0.2) is 15.0 Å². The van der Waals surface area contributed by atoms with Crippen molar-refractivity contribution in [2.75, 3.05) is 6.61 Å². The Labute approximate surface area is 113 Å². The van der Waals surface area contributed by atoms with Crippen LogP contribution in [0.3, 0.4) is 0 Å². The van der Waals surface area contributed by atoms with Gasteiger partial charge in [0.2, 0.25) is 0 Å². The molecule has 1 rings (SSSR count). The van der Waals surface area contributed by atoms with E-state index in [1.807, 2.05) is 13.8 Å². The van der Waals surface area contributed by atoms with Crippen LogP contribution in [0.1, 0.15) is 24.5 Å². The highest BCUT2D eigenvalue weighted by Crippen LogP contribution is 2.29. The fourth-order valence-corrected chi connectivity index (χ4v) is 2.78. The van der Waals surface area contributed by atoms with Crippen LogP contribution in [0.4, 0.5) is 0 Å². The maximum atomic E-state index is 11.3. The number of ether oxygens (including phenoxy) is 1. The van der Waals surface area contributed by atoms with E-state index in [0.717, 1.165) is 17.6 Å². The van der Waals surface area contributed by atoms with Gasteiger partial charge in [-0.1, -0.05) is 5.57 Å². The molecule has 1 aromatic rings. The van der Waals surface area contributed by atoms with Gasteiger partial charge in [0, 0.05) is 17.1 Å². The van der Waals surface area contributed by atoms with Gasteiger partial charge in [-0.15, -0.1) is 6.58 Å². The summed E-state index contributed by atoms with van der Waals surface area (Å²) in [6.45, 7) is 9.80. The Hall–Kier alpha value is -1.00. The summed E-state index contributed by atoms with van der Waals surface area (Å²) in [5, 5.41) is 0. The summed E-state index contributed by atoms with van der Waals surface area (Å²) in [5.74, 6) is 0.679. The molecule has 3 nitrogen and oxygen atoms in total. The van der Waals surface area contributed by atoms with Gasteiger partial charge in [0.15, 0.2) is 0 Å². The molecule has 0 heterocycles. The minimum Gasteiger partial charge on any atom is -0.493 e. The van der Waals surface area contributed by atoms with Crippen molar-refractivity contribution < 1.29 is 13.2 Å². The molecule has 0 fully saturated rings. The Morgan fingerprint density at radius 2 is 1.94 bits per heavy atom. The monoisotopic (exact) mass is 288 g/mol. The molecule has 0 N–H and O–H groups in total. The van der Waals surface area contributed by atoms with Gasteiger partial charge >= 0.3 is 0 Å². The largest absolute Gasteiger partial charge is 0.493 e. The van der Waals surface area contributed by atoms with Crippen molar-refractivity contribution in [2.24, 2.45) is 0 Å². The van der Waals surface area contributed by atoms with Crippen LogP contribution in [0.25, 0.3) is 0 Å². The van der Waals surface area contributed by atoms with Gasteiger partial charge in [-0.2, -0.15) is 0 Å². The fraction of sp³-hybridized carbons (Fsp3) is 0.385. The van der Waals surface area contributed by atoms with Crippen molar-refractivity contribution in [1.29, 1.82) is 0 Å². The first kappa shape index (κ1) is 15.1. The maximum absolute atomic E-state index is 11.3. The fourth-order valence-electron chi connectivity index (χ4n) is 1.53. The molecular formula is C13H17ClO3S. The van der Waals surface area contributed by atoms with Crippen molar-refractivity contribution in [1.82, 2.24) is 0 Å². The summed E-state index contributed by atoms with van der Waals surface area (Å²) < 4.78 is 28.3. The molecule has 0 saturated carbocycles. The van der Waals surface area contributed by atoms with Crippen molar-refractivity contribution in [3.8, 4) is 5.75 Å². The first-order valence-corrected chi connectivity index (χ1v) is 7.86. The average molecular weight is 289 g/mol. The standard InChI is InChI=1S/C13H17ClO3S/c1-9(2)7-8-17-12-5-6-13(18(14,15)16)11(4)10(12)3/h5-6H,1,7-8H2,2-4H3. The highest BCUT2D eigenvalue weighted by atomic mass is 35.7.